The molecule has 2 rings (SSSR count). The van der Waals surface area contributed by atoms with E-state index < -0.39 is 10.0 Å². The van der Waals surface area contributed by atoms with Crippen molar-refractivity contribution in [3.8, 4) is 11.5 Å². The van der Waals surface area contributed by atoms with Gasteiger partial charge in [0.05, 0.1) is 16.4 Å². The molecule has 0 amide bonds. The zero-order valence-electron chi connectivity index (χ0n) is 11.9. The zero-order chi connectivity index (χ0) is 15.6. The number of thiocarbonyl (C=S) groups is 1. The molecule has 0 bridgehead atoms. The third-order valence-corrected chi connectivity index (χ3v) is 5.15. The molecule has 2 N–H and O–H groups in total. The fourth-order valence-electron chi connectivity index (χ4n) is 2.02. The highest BCUT2D eigenvalue weighted by atomic mass is 32.2. The molecule has 0 aromatic heterocycles. The average molecular weight is 330 g/mol. The summed E-state index contributed by atoms with van der Waals surface area (Å²) in [6.07, 6.45) is 0. The van der Waals surface area contributed by atoms with Crippen molar-refractivity contribution in [2.45, 2.75) is 24.8 Å². The Balaban J connectivity index is 2.40. The molecule has 1 aromatic carbocycles. The van der Waals surface area contributed by atoms with Crippen LogP contribution in [0.5, 0.6) is 11.5 Å². The van der Waals surface area contributed by atoms with Gasteiger partial charge in [-0.05, 0) is 26.0 Å². The van der Waals surface area contributed by atoms with Crippen molar-refractivity contribution in [1.82, 2.24) is 4.31 Å². The molecule has 21 heavy (non-hydrogen) atoms. The molecule has 1 aliphatic rings. The second-order valence-electron chi connectivity index (χ2n) is 4.92. The normalized spacial score (nSPS) is 14.5. The van der Waals surface area contributed by atoms with Gasteiger partial charge < -0.3 is 15.2 Å². The van der Waals surface area contributed by atoms with Crippen LogP contribution in [0.15, 0.2) is 23.1 Å². The standard InChI is InChI=1S/C13H18N2O4S2/c1-9(2)15(8-13(14)20)21(16,17)10-3-4-11-12(7-10)19-6-5-18-11/h3-4,7,9H,5-6,8H2,1-2H3,(H2,14,20). The first-order valence-electron chi connectivity index (χ1n) is 6.52. The number of nitrogens with zero attached hydrogens (tertiary/aromatic N) is 1. The second kappa shape index (κ2) is 6.17. The van der Waals surface area contributed by atoms with E-state index in [4.69, 9.17) is 27.4 Å². The second-order valence-corrected chi connectivity index (χ2v) is 7.33. The Labute approximate surface area is 129 Å². The highest BCUT2D eigenvalue weighted by Crippen LogP contribution is 2.33. The first kappa shape index (κ1) is 16.0. The van der Waals surface area contributed by atoms with Gasteiger partial charge in [-0.25, -0.2) is 8.42 Å². The van der Waals surface area contributed by atoms with Gasteiger partial charge in [0, 0.05) is 12.1 Å². The fraction of sp³-hybridized carbons (Fsp3) is 0.462. The Bertz CT molecular complexity index is 644. The Morgan fingerprint density at radius 3 is 2.52 bits per heavy atom. The van der Waals surface area contributed by atoms with E-state index in [9.17, 15) is 8.42 Å². The number of hydrogen-bond acceptors (Lipinski definition) is 5. The summed E-state index contributed by atoms with van der Waals surface area (Å²) < 4.78 is 37.5. The van der Waals surface area contributed by atoms with Crippen molar-refractivity contribution >= 4 is 27.2 Å². The van der Waals surface area contributed by atoms with Crippen molar-refractivity contribution in [3.05, 3.63) is 18.2 Å². The van der Waals surface area contributed by atoms with Crippen molar-refractivity contribution in [2.75, 3.05) is 19.8 Å². The quantitative estimate of drug-likeness (QED) is 0.816. The van der Waals surface area contributed by atoms with Gasteiger partial charge in [0.25, 0.3) is 0 Å². The Morgan fingerprint density at radius 2 is 1.95 bits per heavy atom. The summed E-state index contributed by atoms with van der Waals surface area (Å²) in [6.45, 7) is 4.40. The smallest absolute Gasteiger partial charge is 0.243 e. The topological polar surface area (TPSA) is 81.9 Å². The summed E-state index contributed by atoms with van der Waals surface area (Å²) in [6, 6.07) is 4.31. The van der Waals surface area contributed by atoms with Crippen molar-refractivity contribution in [1.29, 1.82) is 0 Å². The van der Waals surface area contributed by atoms with E-state index in [1.807, 2.05) is 0 Å². The van der Waals surface area contributed by atoms with Gasteiger partial charge >= 0.3 is 0 Å². The molecule has 1 heterocycles. The highest BCUT2D eigenvalue weighted by molar-refractivity contribution is 7.89. The minimum Gasteiger partial charge on any atom is -0.486 e. The van der Waals surface area contributed by atoms with Gasteiger partial charge in [0.15, 0.2) is 11.5 Å². The van der Waals surface area contributed by atoms with Crippen LogP contribution in [0.25, 0.3) is 0 Å². The number of ether oxygens (including phenoxy) is 2. The summed E-state index contributed by atoms with van der Waals surface area (Å²) in [5.41, 5.74) is 5.50. The van der Waals surface area contributed by atoms with Crippen molar-refractivity contribution in [2.24, 2.45) is 5.73 Å². The van der Waals surface area contributed by atoms with E-state index in [0.29, 0.717) is 24.7 Å². The molecule has 1 aromatic rings. The van der Waals surface area contributed by atoms with E-state index in [0.717, 1.165) is 0 Å². The van der Waals surface area contributed by atoms with Crippen molar-refractivity contribution in [3.63, 3.8) is 0 Å². The van der Waals surface area contributed by atoms with Crippen LogP contribution in [0, 0.1) is 0 Å². The Morgan fingerprint density at radius 1 is 1.33 bits per heavy atom. The molecule has 0 radical (unpaired) electrons. The molecular formula is C13H18N2O4S2. The van der Waals surface area contributed by atoms with Crippen LogP contribution in [0.2, 0.25) is 0 Å². The molecule has 8 heteroatoms. The first-order chi connectivity index (χ1) is 9.82. The predicted octanol–water partition coefficient (Wildman–Crippen LogP) is 1.14. The van der Waals surface area contributed by atoms with E-state index in [-0.39, 0.29) is 22.5 Å². The zero-order valence-corrected chi connectivity index (χ0v) is 13.5. The summed E-state index contributed by atoms with van der Waals surface area (Å²) >= 11 is 4.83. The maximum atomic E-state index is 12.7. The summed E-state index contributed by atoms with van der Waals surface area (Å²) in [5, 5.41) is 0. The number of sulfonamides is 1. The van der Waals surface area contributed by atoms with Crippen molar-refractivity contribution < 1.29 is 17.9 Å². The minimum atomic E-state index is -3.70. The molecule has 116 valence electrons. The minimum absolute atomic E-state index is 0.00375. The molecule has 0 atom stereocenters. The lowest BCUT2D eigenvalue weighted by atomic mass is 10.3. The molecule has 0 aliphatic carbocycles. The molecule has 0 spiro atoms. The maximum Gasteiger partial charge on any atom is 0.243 e. The monoisotopic (exact) mass is 330 g/mol. The van der Waals surface area contributed by atoms with Crippen LogP contribution in [0.3, 0.4) is 0 Å². The molecule has 0 saturated carbocycles. The third kappa shape index (κ3) is 3.45. The van der Waals surface area contributed by atoms with Gasteiger partial charge in [0.2, 0.25) is 10.0 Å². The molecule has 1 aliphatic heterocycles. The highest BCUT2D eigenvalue weighted by Gasteiger charge is 2.29. The first-order valence-corrected chi connectivity index (χ1v) is 8.37. The lowest BCUT2D eigenvalue weighted by Gasteiger charge is -2.26. The van der Waals surface area contributed by atoms with Crippen LogP contribution < -0.4 is 15.2 Å². The number of benzene rings is 1. The van der Waals surface area contributed by atoms with Gasteiger partial charge in [-0.1, -0.05) is 12.2 Å². The van der Waals surface area contributed by atoms with Crippen LogP contribution >= 0.6 is 12.2 Å². The number of rotatable bonds is 5. The van der Waals surface area contributed by atoms with Crippen LogP contribution in [0.1, 0.15) is 13.8 Å². The van der Waals surface area contributed by atoms with Crippen LogP contribution in [-0.2, 0) is 10.0 Å². The van der Waals surface area contributed by atoms with E-state index in [1.54, 1.807) is 19.9 Å². The van der Waals surface area contributed by atoms with Crippen LogP contribution in [0.4, 0.5) is 0 Å². The lowest BCUT2D eigenvalue weighted by Crippen LogP contribution is -2.42. The predicted molar refractivity (Wildman–Crippen MR) is 83.2 cm³/mol. The summed E-state index contributed by atoms with van der Waals surface area (Å²) in [5.74, 6) is 0.979. The lowest BCUT2D eigenvalue weighted by molar-refractivity contribution is 0.171. The molecule has 0 saturated heterocycles. The number of hydrogen-bond donors (Lipinski definition) is 1. The van der Waals surface area contributed by atoms with E-state index in [1.165, 1.54) is 16.4 Å². The molecule has 0 fully saturated rings. The van der Waals surface area contributed by atoms with Gasteiger partial charge in [-0.2, -0.15) is 4.31 Å². The number of fused-ring (bicyclic) bond motifs is 1. The van der Waals surface area contributed by atoms with E-state index >= 15 is 0 Å². The van der Waals surface area contributed by atoms with E-state index in [2.05, 4.69) is 0 Å². The third-order valence-electron chi connectivity index (χ3n) is 3.01. The van der Waals surface area contributed by atoms with Gasteiger partial charge in [-0.3, -0.25) is 0 Å². The summed E-state index contributed by atoms with van der Waals surface area (Å²) in [7, 11) is -3.70. The molecular weight excluding hydrogens is 312 g/mol. The average Bonchev–Trinajstić information content (AvgIpc) is 2.43. The fourth-order valence-corrected chi connectivity index (χ4v) is 3.87. The van der Waals surface area contributed by atoms with Crippen LogP contribution in [-0.4, -0.2) is 43.5 Å². The number of nitrogens with two attached hydrogens (primary N) is 1. The SMILES string of the molecule is CC(C)N(CC(N)=S)S(=O)(=O)c1ccc2c(c1)OCCO2. The largest absolute Gasteiger partial charge is 0.486 e. The van der Waals surface area contributed by atoms with Gasteiger partial charge in [-0.15, -0.1) is 0 Å². The Kier molecular flexibility index (Phi) is 4.70. The Hall–Kier alpha value is -1.38. The molecule has 0 unspecified atom stereocenters. The van der Waals surface area contributed by atoms with Gasteiger partial charge in [0.1, 0.15) is 13.2 Å². The summed E-state index contributed by atoms with van der Waals surface area (Å²) in [4.78, 5) is 0.265. The maximum absolute atomic E-state index is 12.7. The molecule has 6 nitrogen and oxygen atoms in total.